The Morgan fingerprint density at radius 1 is 1.56 bits per heavy atom. The first-order chi connectivity index (χ1) is 7.63. The molecule has 0 spiro atoms. The van der Waals surface area contributed by atoms with Gasteiger partial charge in [-0.25, -0.2) is 0 Å². The van der Waals surface area contributed by atoms with Crippen molar-refractivity contribution >= 4 is 21.8 Å². The molecule has 0 aliphatic carbocycles. The molecule has 1 aromatic rings. The molecule has 1 rings (SSSR count). The first kappa shape index (κ1) is 12.5. The molecule has 1 N–H and O–H groups in total. The second-order valence-electron chi connectivity index (χ2n) is 3.23. The van der Waals surface area contributed by atoms with Crippen LogP contribution in [0.25, 0.3) is 10.4 Å². The van der Waals surface area contributed by atoms with E-state index < -0.39 is 0 Å². The van der Waals surface area contributed by atoms with Crippen molar-refractivity contribution in [1.82, 2.24) is 5.32 Å². The van der Waals surface area contributed by atoms with E-state index in [0.29, 0.717) is 0 Å². The minimum atomic E-state index is -0.284. The maximum absolute atomic E-state index is 11.3. The van der Waals surface area contributed by atoms with Gasteiger partial charge in [0.1, 0.15) is 6.54 Å². The molecule has 6 heteroatoms. The van der Waals surface area contributed by atoms with Crippen LogP contribution in [-0.4, -0.2) is 12.5 Å². The molecule has 0 aliphatic rings. The van der Waals surface area contributed by atoms with Gasteiger partial charge >= 0.3 is 0 Å². The fourth-order valence-electron chi connectivity index (χ4n) is 1.22. The van der Waals surface area contributed by atoms with Gasteiger partial charge in [-0.3, -0.25) is 4.79 Å². The monoisotopic (exact) mass is 282 g/mol. The summed E-state index contributed by atoms with van der Waals surface area (Å²) in [6.45, 7) is 1.70. The highest BCUT2D eigenvalue weighted by Crippen LogP contribution is 2.16. The molecule has 1 amide bonds. The van der Waals surface area contributed by atoms with Gasteiger partial charge in [0.05, 0.1) is 6.04 Å². The van der Waals surface area contributed by atoms with Crippen LogP contribution in [0.3, 0.4) is 0 Å². The van der Waals surface area contributed by atoms with Gasteiger partial charge in [-0.05, 0) is 30.2 Å². The summed E-state index contributed by atoms with van der Waals surface area (Å²) in [5.41, 5.74) is 9.07. The Balaban J connectivity index is 2.58. The molecule has 16 heavy (non-hydrogen) atoms. The first-order valence-corrected chi connectivity index (χ1v) is 5.48. The summed E-state index contributed by atoms with van der Waals surface area (Å²) in [5.74, 6) is -0.284. The Labute approximate surface area is 102 Å². The minimum Gasteiger partial charge on any atom is -0.349 e. The van der Waals surface area contributed by atoms with Gasteiger partial charge in [-0.2, -0.15) is 0 Å². The van der Waals surface area contributed by atoms with Gasteiger partial charge in [-0.15, -0.1) is 0 Å². The van der Waals surface area contributed by atoms with Crippen molar-refractivity contribution in [3.8, 4) is 0 Å². The Bertz CT molecular complexity index is 411. The van der Waals surface area contributed by atoms with E-state index in [1.807, 2.05) is 31.2 Å². The molecule has 0 saturated heterocycles. The second-order valence-corrected chi connectivity index (χ2v) is 4.15. The van der Waals surface area contributed by atoms with Crippen molar-refractivity contribution in [2.24, 2.45) is 5.11 Å². The SMILES string of the molecule is CC(NC(=O)CN=[N+]=[N-])c1ccc(Br)cc1. The van der Waals surface area contributed by atoms with Gasteiger partial charge < -0.3 is 5.32 Å². The van der Waals surface area contributed by atoms with Crippen LogP contribution in [0, 0.1) is 0 Å². The van der Waals surface area contributed by atoms with Crippen LogP contribution in [0.5, 0.6) is 0 Å². The van der Waals surface area contributed by atoms with E-state index in [0.717, 1.165) is 10.0 Å². The molecule has 1 atom stereocenters. The Morgan fingerprint density at radius 2 is 2.19 bits per heavy atom. The van der Waals surface area contributed by atoms with Crippen LogP contribution >= 0.6 is 15.9 Å². The average molecular weight is 283 g/mol. The topological polar surface area (TPSA) is 77.9 Å². The van der Waals surface area contributed by atoms with Crippen LogP contribution in [0.1, 0.15) is 18.5 Å². The third-order valence-electron chi connectivity index (χ3n) is 2.03. The fourth-order valence-corrected chi connectivity index (χ4v) is 1.48. The molecule has 1 unspecified atom stereocenters. The molecule has 1 aromatic carbocycles. The lowest BCUT2D eigenvalue weighted by Crippen LogP contribution is -2.28. The zero-order valence-electron chi connectivity index (χ0n) is 8.72. The number of azide groups is 1. The fraction of sp³-hybridized carbons (Fsp3) is 0.300. The number of amides is 1. The van der Waals surface area contributed by atoms with Crippen molar-refractivity contribution in [2.45, 2.75) is 13.0 Å². The van der Waals surface area contributed by atoms with Crippen LogP contribution in [0.4, 0.5) is 0 Å². The molecule has 0 bridgehead atoms. The molecule has 0 fully saturated rings. The van der Waals surface area contributed by atoms with Gasteiger partial charge in [0.15, 0.2) is 0 Å². The number of carbonyl (C=O) groups is 1. The standard InChI is InChI=1S/C10H11BrN4O/c1-7(14-10(16)6-13-15-12)8-2-4-9(11)5-3-8/h2-5,7H,6H2,1H3,(H,14,16). The third kappa shape index (κ3) is 3.92. The average Bonchev–Trinajstić information content (AvgIpc) is 2.27. The van der Waals surface area contributed by atoms with Gasteiger partial charge in [0, 0.05) is 9.38 Å². The number of carbonyl (C=O) groups excluding carboxylic acids is 1. The highest BCUT2D eigenvalue weighted by molar-refractivity contribution is 9.10. The van der Waals surface area contributed by atoms with Gasteiger partial charge in [0.25, 0.3) is 0 Å². The Hall–Kier alpha value is -1.52. The van der Waals surface area contributed by atoms with E-state index in [1.165, 1.54) is 0 Å². The summed E-state index contributed by atoms with van der Waals surface area (Å²) in [6.07, 6.45) is 0. The summed E-state index contributed by atoms with van der Waals surface area (Å²) >= 11 is 3.34. The van der Waals surface area contributed by atoms with Crippen molar-refractivity contribution in [2.75, 3.05) is 6.54 Å². The number of hydrogen-bond acceptors (Lipinski definition) is 2. The molecule has 0 aliphatic heterocycles. The lowest BCUT2D eigenvalue weighted by atomic mass is 10.1. The molecule has 84 valence electrons. The first-order valence-electron chi connectivity index (χ1n) is 4.69. The van der Waals surface area contributed by atoms with E-state index in [1.54, 1.807) is 0 Å². The number of rotatable bonds is 4. The summed E-state index contributed by atoms with van der Waals surface area (Å²) in [6, 6.07) is 7.55. The number of nitrogens with zero attached hydrogens (tertiary/aromatic N) is 3. The normalized spacial score (nSPS) is 11.4. The number of halogens is 1. The zero-order valence-corrected chi connectivity index (χ0v) is 10.3. The predicted molar refractivity (Wildman–Crippen MR) is 64.7 cm³/mol. The largest absolute Gasteiger partial charge is 0.349 e. The van der Waals surface area contributed by atoms with E-state index in [4.69, 9.17) is 5.53 Å². The summed E-state index contributed by atoms with van der Waals surface area (Å²) in [5, 5.41) is 5.92. The van der Waals surface area contributed by atoms with Gasteiger partial charge in [0.2, 0.25) is 5.91 Å². The molecule has 0 aromatic heterocycles. The lowest BCUT2D eigenvalue weighted by molar-refractivity contribution is -0.120. The quantitative estimate of drug-likeness (QED) is 0.514. The van der Waals surface area contributed by atoms with E-state index >= 15 is 0 Å². The molecular formula is C10H11BrN4O. The van der Waals surface area contributed by atoms with Crippen molar-refractivity contribution in [3.63, 3.8) is 0 Å². The highest BCUT2D eigenvalue weighted by Gasteiger charge is 2.08. The van der Waals surface area contributed by atoms with Crippen LogP contribution in [0.2, 0.25) is 0 Å². The van der Waals surface area contributed by atoms with E-state index in [2.05, 4.69) is 31.3 Å². The zero-order chi connectivity index (χ0) is 12.0. The lowest BCUT2D eigenvalue weighted by Gasteiger charge is -2.13. The molecule has 5 nitrogen and oxygen atoms in total. The van der Waals surface area contributed by atoms with Crippen molar-refractivity contribution in [3.05, 3.63) is 44.7 Å². The number of hydrogen-bond donors (Lipinski definition) is 1. The molecular weight excluding hydrogens is 272 g/mol. The van der Waals surface area contributed by atoms with Crippen molar-refractivity contribution < 1.29 is 4.79 Å². The molecule has 0 radical (unpaired) electrons. The van der Waals surface area contributed by atoms with Crippen LogP contribution in [0.15, 0.2) is 33.9 Å². The maximum Gasteiger partial charge on any atom is 0.226 e. The Kier molecular flexibility index (Phi) is 4.82. The minimum absolute atomic E-state index is 0.102. The smallest absolute Gasteiger partial charge is 0.226 e. The predicted octanol–water partition coefficient (Wildman–Crippen LogP) is 2.94. The summed E-state index contributed by atoms with van der Waals surface area (Å²) in [7, 11) is 0. The molecule has 0 heterocycles. The highest BCUT2D eigenvalue weighted by atomic mass is 79.9. The third-order valence-corrected chi connectivity index (χ3v) is 2.55. The molecule has 0 saturated carbocycles. The van der Waals surface area contributed by atoms with Crippen LogP contribution < -0.4 is 5.32 Å². The summed E-state index contributed by atoms with van der Waals surface area (Å²) < 4.78 is 0.990. The van der Waals surface area contributed by atoms with Gasteiger partial charge in [-0.1, -0.05) is 33.2 Å². The number of benzene rings is 1. The van der Waals surface area contributed by atoms with E-state index in [9.17, 15) is 4.79 Å². The maximum atomic E-state index is 11.3. The number of nitrogens with one attached hydrogen (secondary N) is 1. The second kappa shape index (κ2) is 6.15. The summed E-state index contributed by atoms with van der Waals surface area (Å²) in [4.78, 5) is 13.8. The Morgan fingerprint density at radius 3 is 2.75 bits per heavy atom. The van der Waals surface area contributed by atoms with E-state index in [-0.39, 0.29) is 18.5 Å². The van der Waals surface area contributed by atoms with Crippen LogP contribution in [-0.2, 0) is 4.79 Å². The van der Waals surface area contributed by atoms with Crippen molar-refractivity contribution in [1.29, 1.82) is 0 Å².